The Balaban J connectivity index is 1.31. The molecule has 1 aromatic carbocycles. The summed E-state index contributed by atoms with van der Waals surface area (Å²) in [6, 6.07) is 10.5. The van der Waals surface area contributed by atoms with Crippen LogP contribution in [0.1, 0.15) is 43.2 Å². The van der Waals surface area contributed by atoms with Gasteiger partial charge >= 0.3 is 0 Å². The zero-order chi connectivity index (χ0) is 26.2. The lowest BCUT2D eigenvalue weighted by Crippen LogP contribution is -2.44. The SMILES string of the molecule is COc1ccc2ncc(CN3CCOCC3)c(CCCC3(C(O)CCSc4cccs4)CCNCC3)c2c1. The number of fused-ring (bicyclic) bond motifs is 1. The Kier molecular flexibility index (Phi) is 9.97. The second-order valence-corrected chi connectivity index (χ2v) is 12.9. The molecule has 0 spiro atoms. The van der Waals surface area contributed by atoms with Crippen molar-refractivity contribution in [3.8, 4) is 5.75 Å². The van der Waals surface area contributed by atoms with Gasteiger partial charge in [0.2, 0.25) is 0 Å². The van der Waals surface area contributed by atoms with Crippen molar-refractivity contribution in [3.05, 3.63) is 53.0 Å². The molecule has 0 amide bonds. The van der Waals surface area contributed by atoms with E-state index in [1.807, 2.05) is 17.8 Å². The van der Waals surface area contributed by atoms with E-state index in [-0.39, 0.29) is 11.5 Å². The van der Waals surface area contributed by atoms with Crippen LogP contribution in [0.25, 0.3) is 10.9 Å². The molecule has 5 rings (SSSR count). The largest absolute Gasteiger partial charge is 0.497 e. The Morgan fingerprint density at radius 3 is 2.84 bits per heavy atom. The standard InChI is InChI=1S/C30H41N3O3S2/c1-35-24-6-7-27-26(20-24)25(23(21-32-27)22-33-14-16-36-17-15-33)4-2-9-30(10-12-31-13-11-30)28(34)8-19-38-29-5-3-18-37-29/h3,5-7,18,20-21,28,31,34H,2,4,8-17,19,22H2,1H3. The first kappa shape index (κ1) is 27.9. The minimum atomic E-state index is -0.265. The van der Waals surface area contributed by atoms with Crippen LogP contribution in [0.5, 0.6) is 5.75 Å². The first-order valence-electron chi connectivity index (χ1n) is 14.0. The molecular formula is C30H41N3O3S2. The van der Waals surface area contributed by atoms with E-state index in [1.54, 1.807) is 18.4 Å². The highest BCUT2D eigenvalue weighted by Gasteiger charge is 2.38. The maximum Gasteiger partial charge on any atom is 0.119 e. The zero-order valence-corrected chi connectivity index (χ0v) is 24.1. The summed E-state index contributed by atoms with van der Waals surface area (Å²) < 4.78 is 12.5. The Morgan fingerprint density at radius 1 is 1.24 bits per heavy atom. The van der Waals surface area contributed by atoms with Crippen molar-refractivity contribution in [3.63, 3.8) is 0 Å². The Hall–Kier alpha value is -1.68. The number of ether oxygens (including phenoxy) is 2. The summed E-state index contributed by atoms with van der Waals surface area (Å²) in [4.78, 5) is 7.29. The van der Waals surface area contributed by atoms with Crippen LogP contribution < -0.4 is 10.1 Å². The van der Waals surface area contributed by atoms with E-state index >= 15 is 0 Å². The fourth-order valence-electron chi connectivity index (χ4n) is 6.04. The van der Waals surface area contributed by atoms with Gasteiger partial charge in [0, 0.05) is 37.0 Å². The quantitative estimate of drug-likeness (QED) is 0.291. The first-order chi connectivity index (χ1) is 18.7. The van der Waals surface area contributed by atoms with Crippen molar-refractivity contribution < 1.29 is 14.6 Å². The van der Waals surface area contributed by atoms with Gasteiger partial charge in [-0.3, -0.25) is 9.88 Å². The first-order valence-corrected chi connectivity index (χ1v) is 15.8. The number of methoxy groups -OCH3 is 1. The summed E-state index contributed by atoms with van der Waals surface area (Å²) in [6.07, 6.45) is 7.84. The van der Waals surface area contributed by atoms with Crippen molar-refractivity contribution in [2.24, 2.45) is 5.41 Å². The molecule has 2 aromatic heterocycles. The molecule has 3 aromatic rings. The van der Waals surface area contributed by atoms with E-state index in [0.717, 1.165) is 101 Å². The lowest BCUT2D eigenvalue weighted by Gasteiger charge is -2.42. The van der Waals surface area contributed by atoms with Gasteiger partial charge in [-0.25, -0.2) is 0 Å². The second-order valence-electron chi connectivity index (χ2n) is 10.6. The van der Waals surface area contributed by atoms with E-state index in [1.165, 1.54) is 20.7 Å². The summed E-state index contributed by atoms with van der Waals surface area (Å²) in [7, 11) is 1.73. The topological polar surface area (TPSA) is 66.9 Å². The van der Waals surface area contributed by atoms with E-state index in [4.69, 9.17) is 14.5 Å². The van der Waals surface area contributed by atoms with Crippen LogP contribution in [-0.2, 0) is 17.7 Å². The Bertz CT molecular complexity index is 1150. The molecule has 0 bridgehead atoms. The number of rotatable bonds is 12. The predicted molar refractivity (Wildman–Crippen MR) is 158 cm³/mol. The van der Waals surface area contributed by atoms with Crippen molar-refractivity contribution >= 4 is 34.0 Å². The number of aliphatic hydroxyl groups is 1. The number of piperidine rings is 1. The molecule has 1 atom stereocenters. The van der Waals surface area contributed by atoms with E-state index in [2.05, 4.69) is 46.1 Å². The molecule has 2 aliphatic heterocycles. The van der Waals surface area contributed by atoms with Crippen LogP contribution in [0.2, 0.25) is 0 Å². The lowest BCUT2D eigenvalue weighted by molar-refractivity contribution is -0.00830. The van der Waals surface area contributed by atoms with Gasteiger partial charge in [0.15, 0.2) is 0 Å². The summed E-state index contributed by atoms with van der Waals surface area (Å²) in [6.45, 7) is 6.39. The van der Waals surface area contributed by atoms with Crippen LogP contribution in [-0.4, -0.2) is 73.3 Å². The van der Waals surface area contributed by atoms with Gasteiger partial charge in [0.25, 0.3) is 0 Å². The van der Waals surface area contributed by atoms with Crippen molar-refractivity contribution in [1.29, 1.82) is 0 Å². The van der Waals surface area contributed by atoms with Crippen LogP contribution in [0.3, 0.4) is 0 Å². The smallest absolute Gasteiger partial charge is 0.119 e. The molecule has 38 heavy (non-hydrogen) atoms. The van der Waals surface area contributed by atoms with Crippen LogP contribution in [0.15, 0.2) is 46.1 Å². The molecule has 206 valence electrons. The molecule has 1 unspecified atom stereocenters. The second kappa shape index (κ2) is 13.6. The molecule has 2 N–H and O–H groups in total. The number of morpholine rings is 1. The molecule has 2 fully saturated rings. The highest BCUT2D eigenvalue weighted by Crippen LogP contribution is 2.41. The van der Waals surface area contributed by atoms with Gasteiger partial charge in [-0.1, -0.05) is 6.07 Å². The average Bonchev–Trinajstić information content (AvgIpc) is 3.48. The van der Waals surface area contributed by atoms with Crippen LogP contribution >= 0.6 is 23.1 Å². The van der Waals surface area contributed by atoms with E-state index in [9.17, 15) is 5.11 Å². The summed E-state index contributed by atoms with van der Waals surface area (Å²) in [5, 5.41) is 18.3. The van der Waals surface area contributed by atoms with Gasteiger partial charge in [0.05, 0.1) is 36.2 Å². The molecular weight excluding hydrogens is 514 g/mol. The normalized spacial score (nSPS) is 19.0. The van der Waals surface area contributed by atoms with E-state index in [0.29, 0.717) is 0 Å². The van der Waals surface area contributed by atoms with Gasteiger partial charge in [-0.15, -0.1) is 23.1 Å². The molecule has 0 aliphatic carbocycles. The third-order valence-corrected chi connectivity index (χ3v) is 10.5. The Labute approximate surface area is 235 Å². The monoisotopic (exact) mass is 555 g/mol. The summed E-state index contributed by atoms with van der Waals surface area (Å²) in [5.41, 5.74) is 3.70. The molecule has 2 saturated heterocycles. The molecule has 8 heteroatoms. The number of aromatic nitrogens is 1. The minimum absolute atomic E-state index is 0.00778. The number of hydrogen-bond acceptors (Lipinski definition) is 8. The lowest BCUT2D eigenvalue weighted by atomic mass is 9.69. The molecule has 0 saturated carbocycles. The van der Waals surface area contributed by atoms with Crippen molar-refractivity contribution in [2.45, 2.75) is 55.4 Å². The van der Waals surface area contributed by atoms with Crippen molar-refractivity contribution in [1.82, 2.24) is 15.2 Å². The number of hydrogen-bond donors (Lipinski definition) is 2. The number of thioether (sulfide) groups is 1. The van der Waals surface area contributed by atoms with Gasteiger partial charge in [0.1, 0.15) is 5.75 Å². The third kappa shape index (κ3) is 6.90. The number of nitrogens with one attached hydrogen (secondary N) is 1. The molecule has 6 nitrogen and oxygen atoms in total. The van der Waals surface area contributed by atoms with Gasteiger partial charge in [-0.2, -0.15) is 0 Å². The van der Waals surface area contributed by atoms with Crippen LogP contribution in [0.4, 0.5) is 0 Å². The number of nitrogens with zero attached hydrogens (tertiary/aromatic N) is 2. The highest BCUT2D eigenvalue weighted by atomic mass is 32.2. The Morgan fingerprint density at radius 2 is 2.08 bits per heavy atom. The molecule has 2 aliphatic rings. The molecule has 4 heterocycles. The number of aryl methyl sites for hydroxylation is 1. The number of pyridine rings is 1. The third-order valence-electron chi connectivity index (χ3n) is 8.31. The maximum atomic E-state index is 11.5. The fourth-order valence-corrected chi connectivity index (χ4v) is 7.90. The fraction of sp³-hybridized carbons (Fsp3) is 0.567. The number of thiophene rings is 1. The van der Waals surface area contributed by atoms with E-state index < -0.39 is 0 Å². The summed E-state index contributed by atoms with van der Waals surface area (Å²) in [5.74, 6) is 1.84. The summed E-state index contributed by atoms with van der Waals surface area (Å²) >= 11 is 3.66. The van der Waals surface area contributed by atoms with Crippen molar-refractivity contribution in [2.75, 3.05) is 52.3 Å². The zero-order valence-electron chi connectivity index (χ0n) is 22.5. The minimum Gasteiger partial charge on any atom is -0.497 e. The van der Waals surface area contributed by atoms with Gasteiger partial charge in [-0.05, 0) is 97.8 Å². The van der Waals surface area contributed by atoms with Gasteiger partial charge < -0.3 is 19.9 Å². The molecule has 0 radical (unpaired) electrons. The average molecular weight is 556 g/mol. The van der Waals surface area contributed by atoms with Crippen LogP contribution in [0, 0.1) is 5.41 Å². The number of aliphatic hydroxyl groups excluding tert-OH is 1. The predicted octanol–water partition coefficient (Wildman–Crippen LogP) is 5.37. The maximum absolute atomic E-state index is 11.5. The number of benzene rings is 1. The highest BCUT2D eigenvalue weighted by molar-refractivity contribution is 8.01.